The van der Waals surface area contributed by atoms with Gasteiger partial charge in [-0.2, -0.15) is 4.98 Å². The highest BCUT2D eigenvalue weighted by Gasteiger charge is 2.20. The van der Waals surface area contributed by atoms with Crippen LogP contribution in [0.25, 0.3) is 22.4 Å². The molecule has 1 aliphatic rings. The van der Waals surface area contributed by atoms with Crippen LogP contribution in [0.1, 0.15) is 18.7 Å². The third-order valence-electron chi connectivity index (χ3n) is 4.00. The topological polar surface area (TPSA) is 91.7 Å². The number of nitrogens with one attached hydrogen (secondary N) is 3. The van der Waals surface area contributed by atoms with Gasteiger partial charge in [-0.05, 0) is 25.5 Å². The first-order valence-electron chi connectivity index (χ1n) is 7.55. The van der Waals surface area contributed by atoms with Gasteiger partial charge in [0.15, 0.2) is 0 Å². The van der Waals surface area contributed by atoms with Crippen LogP contribution in [-0.4, -0.2) is 39.2 Å². The molecule has 0 radical (unpaired) electrons. The Kier molecular flexibility index (Phi) is 3.27. The molecule has 0 unspecified atom stereocenters. The SMILES string of the molecule is Cc1nc(-c2cnc3[nH]ccc3c2N[C@@H]2CCCNC2)no1. The van der Waals surface area contributed by atoms with Crippen molar-refractivity contribution in [1.82, 2.24) is 25.4 Å². The van der Waals surface area contributed by atoms with E-state index in [-0.39, 0.29) is 0 Å². The van der Waals surface area contributed by atoms with E-state index in [0.29, 0.717) is 17.8 Å². The quantitative estimate of drug-likeness (QED) is 0.686. The van der Waals surface area contributed by atoms with Gasteiger partial charge in [-0.25, -0.2) is 4.98 Å². The summed E-state index contributed by atoms with van der Waals surface area (Å²) in [6.07, 6.45) is 6.01. The average molecular weight is 298 g/mol. The summed E-state index contributed by atoms with van der Waals surface area (Å²) in [6, 6.07) is 2.41. The maximum Gasteiger partial charge on any atom is 0.223 e. The number of rotatable bonds is 3. The highest BCUT2D eigenvalue weighted by Crippen LogP contribution is 2.32. The molecule has 0 bridgehead atoms. The zero-order valence-corrected chi connectivity index (χ0v) is 12.4. The fraction of sp³-hybridized carbons (Fsp3) is 0.400. The lowest BCUT2D eigenvalue weighted by atomic mass is 10.1. The number of aromatic amines is 1. The summed E-state index contributed by atoms with van der Waals surface area (Å²) in [4.78, 5) is 11.9. The Bertz CT molecular complexity index is 786. The van der Waals surface area contributed by atoms with E-state index in [9.17, 15) is 0 Å². The molecule has 1 atom stereocenters. The molecule has 4 heterocycles. The van der Waals surface area contributed by atoms with Crippen molar-refractivity contribution in [3.05, 3.63) is 24.4 Å². The molecule has 1 aliphatic heterocycles. The molecule has 114 valence electrons. The van der Waals surface area contributed by atoms with Crippen molar-refractivity contribution in [3.63, 3.8) is 0 Å². The molecule has 3 aromatic heterocycles. The molecule has 22 heavy (non-hydrogen) atoms. The normalized spacial score (nSPS) is 18.7. The first-order chi connectivity index (χ1) is 10.8. The van der Waals surface area contributed by atoms with Crippen molar-refractivity contribution in [2.24, 2.45) is 0 Å². The number of H-pyrrole nitrogens is 1. The van der Waals surface area contributed by atoms with Crippen LogP contribution in [0.3, 0.4) is 0 Å². The lowest BCUT2D eigenvalue weighted by Crippen LogP contribution is -2.38. The summed E-state index contributed by atoms with van der Waals surface area (Å²) in [5.41, 5.74) is 2.74. The van der Waals surface area contributed by atoms with Gasteiger partial charge in [0, 0.05) is 37.3 Å². The average Bonchev–Trinajstić information content (AvgIpc) is 3.17. The lowest BCUT2D eigenvalue weighted by molar-refractivity contribution is 0.394. The maximum atomic E-state index is 5.12. The van der Waals surface area contributed by atoms with Crippen molar-refractivity contribution in [2.45, 2.75) is 25.8 Å². The van der Waals surface area contributed by atoms with E-state index >= 15 is 0 Å². The number of pyridine rings is 1. The van der Waals surface area contributed by atoms with Crippen LogP contribution >= 0.6 is 0 Å². The Hall–Kier alpha value is -2.41. The van der Waals surface area contributed by atoms with Gasteiger partial charge in [-0.15, -0.1) is 0 Å². The van der Waals surface area contributed by atoms with E-state index in [1.54, 1.807) is 13.1 Å². The van der Waals surface area contributed by atoms with E-state index in [1.165, 1.54) is 6.42 Å². The van der Waals surface area contributed by atoms with Crippen LogP contribution in [0.15, 0.2) is 23.0 Å². The van der Waals surface area contributed by atoms with Gasteiger partial charge >= 0.3 is 0 Å². The molecule has 1 saturated heterocycles. The van der Waals surface area contributed by atoms with E-state index in [0.717, 1.165) is 41.8 Å². The minimum Gasteiger partial charge on any atom is -0.380 e. The first kappa shape index (κ1) is 13.3. The number of aryl methyl sites for hydroxylation is 1. The molecule has 0 amide bonds. The smallest absolute Gasteiger partial charge is 0.223 e. The van der Waals surface area contributed by atoms with Gasteiger partial charge in [0.05, 0.1) is 11.3 Å². The van der Waals surface area contributed by atoms with E-state index in [2.05, 4.69) is 30.7 Å². The number of anilines is 1. The van der Waals surface area contributed by atoms with E-state index in [1.807, 2.05) is 12.3 Å². The predicted molar refractivity (Wildman–Crippen MR) is 83.6 cm³/mol. The Morgan fingerprint density at radius 3 is 3.14 bits per heavy atom. The number of piperidine rings is 1. The van der Waals surface area contributed by atoms with Crippen LogP contribution in [0.4, 0.5) is 5.69 Å². The standard InChI is InChI=1S/C15H18N6O/c1-9-19-15(21-22-9)12-8-18-14-11(4-6-17-14)13(12)20-10-3-2-5-16-7-10/h4,6,8,10,16H,2-3,5,7H2,1H3,(H2,17,18,20)/t10-/m1/s1. The minimum atomic E-state index is 0.390. The van der Waals surface area contributed by atoms with Crippen molar-refractivity contribution < 1.29 is 4.52 Å². The van der Waals surface area contributed by atoms with Gasteiger partial charge in [0.2, 0.25) is 11.7 Å². The second kappa shape index (κ2) is 5.42. The Morgan fingerprint density at radius 2 is 2.36 bits per heavy atom. The molecule has 0 aliphatic carbocycles. The molecule has 1 fully saturated rings. The first-order valence-corrected chi connectivity index (χ1v) is 7.55. The summed E-state index contributed by atoms with van der Waals surface area (Å²) in [5.74, 6) is 1.12. The van der Waals surface area contributed by atoms with E-state index in [4.69, 9.17) is 4.52 Å². The van der Waals surface area contributed by atoms with Gasteiger partial charge in [0.1, 0.15) is 5.65 Å². The molecule has 0 aromatic carbocycles. The fourth-order valence-corrected chi connectivity index (χ4v) is 2.92. The molecule has 3 aromatic rings. The highest BCUT2D eigenvalue weighted by atomic mass is 16.5. The van der Waals surface area contributed by atoms with Gasteiger partial charge in [-0.1, -0.05) is 5.16 Å². The van der Waals surface area contributed by atoms with Crippen LogP contribution in [0.5, 0.6) is 0 Å². The number of hydrogen-bond acceptors (Lipinski definition) is 6. The van der Waals surface area contributed by atoms with Crippen LogP contribution in [-0.2, 0) is 0 Å². The van der Waals surface area contributed by atoms with Crippen LogP contribution < -0.4 is 10.6 Å². The molecular weight excluding hydrogens is 280 g/mol. The van der Waals surface area contributed by atoms with Crippen molar-refractivity contribution in [1.29, 1.82) is 0 Å². The van der Waals surface area contributed by atoms with E-state index < -0.39 is 0 Å². The summed E-state index contributed by atoms with van der Waals surface area (Å²) >= 11 is 0. The second-order valence-corrected chi connectivity index (χ2v) is 5.61. The number of fused-ring (bicyclic) bond motifs is 1. The number of nitrogens with zero attached hydrogens (tertiary/aromatic N) is 3. The molecular formula is C15H18N6O. The lowest BCUT2D eigenvalue weighted by Gasteiger charge is -2.26. The van der Waals surface area contributed by atoms with Crippen LogP contribution in [0.2, 0.25) is 0 Å². The van der Waals surface area contributed by atoms with Crippen molar-refractivity contribution >= 4 is 16.7 Å². The fourth-order valence-electron chi connectivity index (χ4n) is 2.92. The van der Waals surface area contributed by atoms with Crippen molar-refractivity contribution in [3.8, 4) is 11.4 Å². The Labute approximate surface area is 127 Å². The Balaban J connectivity index is 1.79. The molecule has 0 saturated carbocycles. The minimum absolute atomic E-state index is 0.390. The van der Waals surface area contributed by atoms with Gasteiger partial charge in [-0.3, -0.25) is 0 Å². The zero-order chi connectivity index (χ0) is 14.9. The largest absolute Gasteiger partial charge is 0.380 e. The monoisotopic (exact) mass is 298 g/mol. The number of hydrogen-bond donors (Lipinski definition) is 3. The molecule has 4 rings (SSSR count). The molecule has 3 N–H and O–H groups in total. The van der Waals surface area contributed by atoms with Gasteiger partial charge in [0.25, 0.3) is 0 Å². The third kappa shape index (κ3) is 2.33. The van der Waals surface area contributed by atoms with Crippen LogP contribution in [0, 0.1) is 6.92 Å². The third-order valence-corrected chi connectivity index (χ3v) is 4.00. The number of aromatic nitrogens is 4. The second-order valence-electron chi connectivity index (χ2n) is 5.61. The van der Waals surface area contributed by atoms with Gasteiger partial charge < -0.3 is 20.1 Å². The summed E-state index contributed by atoms with van der Waals surface area (Å²) in [6.45, 7) is 3.83. The summed E-state index contributed by atoms with van der Waals surface area (Å²) in [7, 11) is 0. The molecule has 7 nitrogen and oxygen atoms in total. The maximum absolute atomic E-state index is 5.12. The summed E-state index contributed by atoms with van der Waals surface area (Å²) < 4.78 is 5.12. The van der Waals surface area contributed by atoms with Crippen molar-refractivity contribution in [2.75, 3.05) is 18.4 Å². The highest BCUT2D eigenvalue weighted by molar-refractivity contribution is 5.97. The molecule has 7 heteroatoms. The summed E-state index contributed by atoms with van der Waals surface area (Å²) in [5, 5.41) is 12.2. The predicted octanol–water partition coefficient (Wildman–Crippen LogP) is 2.09. The molecule has 0 spiro atoms. The Morgan fingerprint density at radius 1 is 1.41 bits per heavy atom. The zero-order valence-electron chi connectivity index (χ0n) is 12.4.